The Morgan fingerprint density at radius 2 is 1.83 bits per heavy atom. The van der Waals surface area contributed by atoms with E-state index in [1.807, 2.05) is 28.5 Å². The van der Waals surface area contributed by atoms with Gasteiger partial charge in [-0.2, -0.15) is 0 Å². The fourth-order valence-electron chi connectivity index (χ4n) is 4.05. The van der Waals surface area contributed by atoms with E-state index in [9.17, 15) is 9.59 Å². The van der Waals surface area contributed by atoms with Crippen LogP contribution in [0.5, 0.6) is 0 Å². The Kier molecular flexibility index (Phi) is 3.98. The minimum atomic E-state index is -0.0787. The lowest BCUT2D eigenvalue weighted by atomic mass is 9.98. The highest BCUT2D eigenvalue weighted by Gasteiger charge is 2.42. The second-order valence-corrected chi connectivity index (χ2v) is 7.67. The van der Waals surface area contributed by atoms with E-state index in [1.54, 1.807) is 18.2 Å². The van der Waals surface area contributed by atoms with Crippen LogP contribution in [-0.2, 0) is 0 Å². The predicted octanol–water partition coefficient (Wildman–Crippen LogP) is 2.79. The van der Waals surface area contributed by atoms with Crippen molar-refractivity contribution >= 4 is 23.0 Å². The highest BCUT2D eigenvalue weighted by atomic mass is 32.1. The Hall–Kier alpha value is -1.98. The monoisotopic (exact) mass is 340 g/mol. The van der Waals surface area contributed by atoms with Crippen LogP contribution in [0.4, 0.5) is 0 Å². The lowest BCUT2D eigenvalue weighted by molar-refractivity contribution is 0.0775. The zero-order chi connectivity index (χ0) is 16.7. The van der Waals surface area contributed by atoms with E-state index in [2.05, 4.69) is 0 Å². The number of hydrogen-bond acceptors (Lipinski definition) is 4. The third kappa shape index (κ3) is 2.58. The molecule has 24 heavy (non-hydrogen) atoms. The molecule has 2 aromatic rings. The molecule has 3 atom stereocenters. The molecule has 2 aliphatic rings. The second-order valence-electron chi connectivity index (χ2n) is 6.73. The van der Waals surface area contributed by atoms with Crippen LogP contribution < -0.4 is 5.73 Å². The molecule has 1 saturated heterocycles. The summed E-state index contributed by atoms with van der Waals surface area (Å²) in [7, 11) is 0. The van der Waals surface area contributed by atoms with Gasteiger partial charge in [-0.3, -0.25) is 9.59 Å². The fourth-order valence-corrected chi connectivity index (χ4v) is 4.73. The minimum absolute atomic E-state index is 0.0443. The lowest BCUT2D eigenvalue weighted by Crippen LogP contribution is -2.34. The first-order valence-electron chi connectivity index (χ1n) is 8.37. The first-order chi connectivity index (χ1) is 11.6. The van der Waals surface area contributed by atoms with Crippen LogP contribution in [0, 0.1) is 11.8 Å². The van der Waals surface area contributed by atoms with Gasteiger partial charge in [0.2, 0.25) is 5.78 Å². The van der Waals surface area contributed by atoms with E-state index in [0.717, 1.165) is 19.4 Å². The minimum Gasteiger partial charge on any atom is -0.338 e. The smallest absolute Gasteiger partial charge is 0.254 e. The molecule has 4 rings (SSSR count). The Balaban J connectivity index is 1.61. The molecule has 5 heteroatoms. The van der Waals surface area contributed by atoms with Gasteiger partial charge in [0.05, 0.1) is 10.4 Å². The third-order valence-electron chi connectivity index (χ3n) is 5.35. The Morgan fingerprint density at radius 3 is 2.54 bits per heavy atom. The SMILES string of the molecule is NC1CCC2CN(C(=O)c3ccccc3C(=O)c3cccs3)CC12. The van der Waals surface area contributed by atoms with Gasteiger partial charge >= 0.3 is 0 Å². The van der Waals surface area contributed by atoms with Gasteiger partial charge < -0.3 is 10.6 Å². The molecule has 2 heterocycles. The highest BCUT2D eigenvalue weighted by molar-refractivity contribution is 7.12. The van der Waals surface area contributed by atoms with Crippen molar-refractivity contribution in [1.82, 2.24) is 4.90 Å². The van der Waals surface area contributed by atoms with Crippen LogP contribution in [0.3, 0.4) is 0 Å². The summed E-state index contributed by atoms with van der Waals surface area (Å²) in [6.45, 7) is 1.48. The van der Waals surface area contributed by atoms with Gasteiger partial charge in [-0.25, -0.2) is 0 Å². The number of carbonyl (C=O) groups excluding carboxylic acids is 2. The number of benzene rings is 1. The number of rotatable bonds is 3. The number of nitrogens with zero attached hydrogens (tertiary/aromatic N) is 1. The van der Waals surface area contributed by atoms with Gasteiger partial charge in [0.1, 0.15) is 0 Å². The van der Waals surface area contributed by atoms with Gasteiger partial charge in [-0.1, -0.05) is 24.3 Å². The molecule has 0 radical (unpaired) electrons. The summed E-state index contributed by atoms with van der Waals surface area (Å²) in [6.07, 6.45) is 2.16. The van der Waals surface area contributed by atoms with Crippen LogP contribution in [0.2, 0.25) is 0 Å². The molecule has 0 bridgehead atoms. The highest BCUT2D eigenvalue weighted by Crippen LogP contribution is 2.37. The summed E-state index contributed by atoms with van der Waals surface area (Å²) in [5.74, 6) is 0.806. The normalized spacial score (nSPS) is 25.7. The zero-order valence-electron chi connectivity index (χ0n) is 13.4. The quantitative estimate of drug-likeness (QED) is 0.874. The lowest BCUT2D eigenvalue weighted by Gasteiger charge is -2.20. The Labute approximate surface area is 145 Å². The Morgan fingerprint density at radius 1 is 1.04 bits per heavy atom. The van der Waals surface area contributed by atoms with E-state index in [0.29, 0.717) is 34.4 Å². The van der Waals surface area contributed by atoms with Crippen LogP contribution in [0.25, 0.3) is 0 Å². The average Bonchev–Trinajstić information content (AvgIpc) is 3.32. The summed E-state index contributed by atoms with van der Waals surface area (Å²) in [5.41, 5.74) is 7.17. The summed E-state index contributed by atoms with van der Waals surface area (Å²) >= 11 is 1.40. The average molecular weight is 340 g/mol. The number of likely N-dealkylation sites (tertiary alicyclic amines) is 1. The summed E-state index contributed by atoms with van der Waals surface area (Å²) in [5, 5.41) is 1.88. The third-order valence-corrected chi connectivity index (χ3v) is 6.22. The van der Waals surface area contributed by atoms with Crippen molar-refractivity contribution in [2.24, 2.45) is 17.6 Å². The second kappa shape index (κ2) is 6.15. The number of amides is 1. The first kappa shape index (κ1) is 15.5. The molecular formula is C19H20N2O2S. The molecule has 2 fully saturated rings. The molecule has 1 amide bonds. The number of nitrogens with two attached hydrogens (primary N) is 1. The number of carbonyl (C=O) groups is 2. The molecule has 3 unspecified atom stereocenters. The number of fused-ring (bicyclic) bond motifs is 1. The van der Waals surface area contributed by atoms with Crippen LogP contribution in [0.1, 0.15) is 38.4 Å². The van der Waals surface area contributed by atoms with Crippen molar-refractivity contribution in [2.45, 2.75) is 18.9 Å². The molecule has 0 spiro atoms. The van der Waals surface area contributed by atoms with E-state index >= 15 is 0 Å². The number of hydrogen-bond donors (Lipinski definition) is 1. The molecular weight excluding hydrogens is 320 g/mol. The number of ketones is 1. The van der Waals surface area contributed by atoms with Crippen molar-refractivity contribution in [3.63, 3.8) is 0 Å². The first-order valence-corrected chi connectivity index (χ1v) is 9.25. The van der Waals surface area contributed by atoms with Crippen molar-refractivity contribution in [2.75, 3.05) is 13.1 Å². The van der Waals surface area contributed by atoms with Crippen LogP contribution in [-0.4, -0.2) is 35.7 Å². The van der Waals surface area contributed by atoms with Crippen molar-refractivity contribution in [3.8, 4) is 0 Å². The van der Waals surface area contributed by atoms with Crippen LogP contribution in [0.15, 0.2) is 41.8 Å². The molecule has 1 saturated carbocycles. The van der Waals surface area contributed by atoms with Gasteiger partial charge in [0, 0.05) is 24.7 Å². The van der Waals surface area contributed by atoms with E-state index in [4.69, 9.17) is 5.73 Å². The molecule has 1 aliphatic carbocycles. The van der Waals surface area contributed by atoms with E-state index < -0.39 is 0 Å². The standard InChI is InChI=1S/C19H20N2O2S/c20-16-8-7-12-10-21(11-15(12)16)19(23)14-5-2-1-4-13(14)18(22)17-6-3-9-24-17/h1-6,9,12,15-16H,7-8,10-11,20H2. The summed E-state index contributed by atoms with van der Waals surface area (Å²) < 4.78 is 0. The maximum atomic E-state index is 13.0. The summed E-state index contributed by atoms with van der Waals surface area (Å²) in [4.78, 5) is 28.3. The van der Waals surface area contributed by atoms with Crippen molar-refractivity contribution < 1.29 is 9.59 Å². The molecule has 1 aromatic carbocycles. The molecule has 124 valence electrons. The maximum absolute atomic E-state index is 13.0. The van der Waals surface area contributed by atoms with Gasteiger partial charge in [0.15, 0.2) is 0 Å². The van der Waals surface area contributed by atoms with Gasteiger partial charge in [-0.15, -0.1) is 11.3 Å². The number of thiophene rings is 1. The van der Waals surface area contributed by atoms with Gasteiger partial charge in [0.25, 0.3) is 5.91 Å². The molecule has 4 nitrogen and oxygen atoms in total. The zero-order valence-corrected chi connectivity index (χ0v) is 14.2. The molecule has 2 N–H and O–H groups in total. The molecule has 1 aromatic heterocycles. The van der Waals surface area contributed by atoms with Crippen molar-refractivity contribution in [3.05, 3.63) is 57.8 Å². The van der Waals surface area contributed by atoms with E-state index in [1.165, 1.54) is 11.3 Å². The summed E-state index contributed by atoms with van der Waals surface area (Å²) in [6, 6.07) is 11.0. The largest absolute Gasteiger partial charge is 0.338 e. The molecule has 1 aliphatic heterocycles. The topological polar surface area (TPSA) is 63.4 Å². The predicted molar refractivity (Wildman–Crippen MR) is 94.3 cm³/mol. The fraction of sp³-hybridized carbons (Fsp3) is 0.368. The Bertz CT molecular complexity index is 771. The van der Waals surface area contributed by atoms with Crippen LogP contribution >= 0.6 is 11.3 Å². The maximum Gasteiger partial charge on any atom is 0.254 e. The van der Waals surface area contributed by atoms with Gasteiger partial charge in [-0.05, 0) is 42.2 Å². The van der Waals surface area contributed by atoms with Crippen molar-refractivity contribution in [1.29, 1.82) is 0 Å². The van der Waals surface area contributed by atoms with E-state index in [-0.39, 0.29) is 17.7 Å².